The van der Waals surface area contributed by atoms with Gasteiger partial charge < -0.3 is 18.9 Å². The number of allylic oxidation sites excluding steroid dienone is 13. The summed E-state index contributed by atoms with van der Waals surface area (Å²) in [7, 11) is 0. The van der Waals surface area contributed by atoms with Crippen LogP contribution < -0.4 is 0 Å². The zero-order chi connectivity index (χ0) is 50.2. The molecule has 8 nitrogen and oxygen atoms in total. The largest absolute Gasteiger partial charge is 0.462 e. The molecule has 0 aliphatic heterocycles. The number of benzene rings is 2. The van der Waals surface area contributed by atoms with Crippen LogP contribution in [0.5, 0.6) is 0 Å². The molecule has 364 valence electrons. The van der Waals surface area contributed by atoms with Crippen LogP contribution in [0.4, 0.5) is 0 Å². The van der Waals surface area contributed by atoms with Crippen molar-refractivity contribution in [3.8, 4) is 11.1 Å². The second-order valence-electron chi connectivity index (χ2n) is 16.5. The van der Waals surface area contributed by atoms with Crippen LogP contribution in [-0.4, -0.2) is 50.3 Å². The summed E-state index contributed by atoms with van der Waals surface area (Å²) in [6.07, 6.45) is 31.8. The van der Waals surface area contributed by atoms with E-state index in [2.05, 4.69) is 39.5 Å². The molecule has 2 aromatic rings. The van der Waals surface area contributed by atoms with Crippen LogP contribution in [0.25, 0.3) is 22.3 Å². The van der Waals surface area contributed by atoms with Gasteiger partial charge in [0, 0.05) is 5.57 Å². The smallest absolute Gasteiger partial charge is 0.338 e. The highest BCUT2D eigenvalue weighted by atomic mass is 16.5. The third-order valence-electron chi connectivity index (χ3n) is 11.0. The Morgan fingerprint density at radius 1 is 0.536 bits per heavy atom. The van der Waals surface area contributed by atoms with E-state index in [1.165, 1.54) is 0 Å². The molecular formula is C61H72O8. The molecule has 3 rings (SSSR count). The summed E-state index contributed by atoms with van der Waals surface area (Å²) < 4.78 is 22.2. The average Bonchev–Trinajstić information content (AvgIpc) is 3.59. The summed E-state index contributed by atoms with van der Waals surface area (Å²) in [6.45, 7) is 28.0. The molecular weight excluding hydrogens is 861 g/mol. The Balaban J connectivity index is 1.81. The molecule has 1 aliphatic carbocycles. The van der Waals surface area contributed by atoms with Crippen LogP contribution in [0, 0.1) is 0 Å². The van der Waals surface area contributed by atoms with Crippen molar-refractivity contribution in [1.82, 2.24) is 0 Å². The Kier molecular flexibility index (Phi) is 26.6. The number of unbranched alkanes of at least 4 members (excludes halogenated alkanes) is 8. The SMILES string of the molecule is C=CCCCCOC(=O)C(=C)/C=C(\C=C(/C)C(=O)OCCCCC=C)c1ccc(-c2ccc(C(=C)/C=C\C(=C/C)C3=CC(C(=O)OCCCCC=C)=CC(C(=O)OCCCCC=C)=CC3)cc2)cc1. The van der Waals surface area contributed by atoms with Gasteiger partial charge in [0.05, 0.1) is 43.1 Å². The highest BCUT2D eigenvalue weighted by molar-refractivity contribution is 5.99. The molecule has 2 aromatic carbocycles. The van der Waals surface area contributed by atoms with Crippen LogP contribution in [-0.2, 0) is 38.1 Å². The van der Waals surface area contributed by atoms with E-state index in [9.17, 15) is 19.2 Å². The fourth-order valence-corrected chi connectivity index (χ4v) is 6.95. The van der Waals surface area contributed by atoms with Crippen molar-refractivity contribution in [2.24, 2.45) is 0 Å². The van der Waals surface area contributed by atoms with Gasteiger partial charge in [0.1, 0.15) is 0 Å². The van der Waals surface area contributed by atoms with Crippen molar-refractivity contribution >= 4 is 35.0 Å². The van der Waals surface area contributed by atoms with Crippen molar-refractivity contribution < 1.29 is 38.1 Å². The van der Waals surface area contributed by atoms with Gasteiger partial charge in [-0.15, -0.1) is 26.3 Å². The molecule has 0 fully saturated rings. The number of esters is 4. The fraction of sp³-hybridized carbons (Fsp3) is 0.311. The van der Waals surface area contributed by atoms with Gasteiger partial charge in [-0.1, -0.05) is 110 Å². The number of hydrogen-bond acceptors (Lipinski definition) is 8. The summed E-state index contributed by atoms with van der Waals surface area (Å²) >= 11 is 0. The van der Waals surface area contributed by atoms with Crippen molar-refractivity contribution in [2.75, 3.05) is 26.4 Å². The van der Waals surface area contributed by atoms with E-state index in [4.69, 9.17) is 18.9 Å². The van der Waals surface area contributed by atoms with E-state index in [1.807, 2.05) is 98.0 Å². The lowest BCUT2D eigenvalue weighted by Crippen LogP contribution is -2.11. The number of carbonyl (C=O) groups is 4. The molecule has 8 heteroatoms. The second kappa shape index (κ2) is 32.6. The molecule has 1 aliphatic rings. The van der Waals surface area contributed by atoms with Crippen LogP contribution in [0.3, 0.4) is 0 Å². The van der Waals surface area contributed by atoms with Crippen molar-refractivity contribution in [2.45, 2.75) is 97.3 Å². The third-order valence-corrected chi connectivity index (χ3v) is 11.0. The van der Waals surface area contributed by atoms with E-state index in [0.717, 1.165) is 110 Å². The zero-order valence-electron chi connectivity index (χ0n) is 41.1. The first-order valence-corrected chi connectivity index (χ1v) is 24.0. The molecule has 0 saturated heterocycles. The average molecular weight is 933 g/mol. The molecule has 0 radical (unpaired) electrons. The van der Waals surface area contributed by atoms with Crippen LogP contribution in [0.1, 0.15) is 108 Å². The molecule has 0 unspecified atom stereocenters. The minimum atomic E-state index is -0.524. The van der Waals surface area contributed by atoms with E-state index in [0.29, 0.717) is 36.2 Å². The van der Waals surface area contributed by atoms with Gasteiger partial charge in [-0.25, -0.2) is 19.2 Å². The van der Waals surface area contributed by atoms with E-state index in [-0.39, 0.29) is 31.0 Å². The standard InChI is InChI=1S/C61H72O8/c1-9-14-18-22-38-66-58(62)47(7)42-56(43-48(8)59(63)67-39-23-19-15-10-2)53-34-32-52(33-35-53)51-30-28-50(29-31-51)46(6)26-27-49(13-5)54-36-37-55(60(64)68-40-24-20-16-11-3)45-57(44-54)61(65)69-41-25-21-17-12-4/h9-13,26-35,37,42-45H,1-4,6-7,14-25,36,38-41H2,5,8H3/b27-26-,48-43+,49-13+,56-42+. The summed E-state index contributed by atoms with van der Waals surface area (Å²) in [5.41, 5.74) is 7.85. The third kappa shape index (κ3) is 20.8. The topological polar surface area (TPSA) is 105 Å². The highest BCUT2D eigenvalue weighted by Crippen LogP contribution is 2.29. The minimum Gasteiger partial charge on any atom is -0.462 e. The fourth-order valence-electron chi connectivity index (χ4n) is 6.95. The summed E-state index contributed by atoms with van der Waals surface area (Å²) in [5.74, 6) is -1.94. The number of hydrogen-bond donors (Lipinski definition) is 0. The molecule has 69 heavy (non-hydrogen) atoms. The molecule has 0 N–H and O–H groups in total. The van der Waals surface area contributed by atoms with Crippen molar-refractivity contribution in [3.63, 3.8) is 0 Å². The van der Waals surface area contributed by atoms with Gasteiger partial charge in [0.15, 0.2) is 0 Å². The zero-order valence-corrected chi connectivity index (χ0v) is 41.1. The van der Waals surface area contributed by atoms with Crippen molar-refractivity contribution in [1.29, 1.82) is 0 Å². The van der Waals surface area contributed by atoms with Gasteiger partial charge in [-0.2, -0.15) is 0 Å². The summed E-state index contributed by atoms with van der Waals surface area (Å²) in [5, 5.41) is 0. The second-order valence-corrected chi connectivity index (χ2v) is 16.5. The normalized spacial score (nSPS) is 13.0. The minimum absolute atomic E-state index is 0.165. The first-order chi connectivity index (χ1) is 33.4. The maximum absolute atomic E-state index is 13.4. The first kappa shape index (κ1) is 56.3. The maximum atomic E-state index is 13.4. The lowest BCUT2D eigenvalue weighted by molar-refractivity contribution is -0.140. The molecule has 0 saturated carbocycles. The number of rotatable bonds is 32. The first-order valence-electron chi connectivity index (χ1n) is 24.0. The Labute approximate surface area is 412 Å². The Hall–Kier alpha value is -7.06. The summed E-state index contributed by atoms with van der Waals surface area (Å²) in [4.78, 5) is 52.3. The molecule has 0 amide bonds. The van der Waals surface area contributed by atoms with Crippen LogP contribution in [0.15, 0.2) is 194 Å². The monoisotopic (exact) mass is 933 g/mol. The van der Waals surface area contributed by atoms with E-state index in [1.54, 1.807) is 37.3 Å². The van der Waals surface area contributed by atoms with Crippen LogP contribution in [0.2, 0.25) is 0 Å². The number of carbonyl (C=O) groups excluding carboxylic acids is 4. The Morgan fingerprint density at radius 2 is 1.00 bits per heavy atom. The predicted molar refractivity (Wildman–Crippen MR) is 284 cm³/mol. The van der Waals surface area contributed by atoms with Crippen LogP contribution >= 0.6 is 0 Å². The van der Waals surface area contributed by atoms with Gasteiger partial charge in [0.25, 0.3) is 0 Å². The molecule has 0 bridgehead atoms. The van der Waals surface area contributed by atoms with E-state index >= 15 is 0 Å². The van der Waals surface area contributed by atoms with Gasteiger partial charge in [-0.05, 0) is 166 Å². The van der Waals surface area contributed by atoms with Crippen molar-refractivity contribution in [3.05, 3.63) is 205 Å². The highest BCUT2D eigenvalue weighted by Gasteiger charge is 2.19. The Bertz CT molecular complexity index is 2340. The quantitative estimate of drug-likeness (QED) is 0.0178. The molecule has 0 atom stereocenters. The molecule has 0 heterocycles. The molecule has 0 spiro atoms. The summed E-state index contributed by atoms with van der Waals surface area (Å²) in [6, 6.07) is 15.9. The lowest BCUT2D eigenvalue weighted by atomic mass is 9.96. The number of ether oxygens (including phenoxy) is 4. The predicted octanol–water partition coefficient (Wildman–Crippen LogP) is 14.5. The Morgan fingerprint density at radius 3 is 1.49 bits per heavy atom. The van der Waals surface area contributed by atoms with Gasteiger partial charge in [-0.3, -0.25) is 0 Å². The maximum Gasteiger partial charge on any atom is 0.338 e. The van der Waals surface area contributed by atoms with E-state index < -0.39 is 23.9 Å². The van der Waals surface area contributed by atoms with Gasteiger partial charge >= 0.3 is 23.9 Å². The molecule has 0 aromatic heterocycles. The van der Waals surface area contributed by atoms with Gasteiger partial charge in [0.2, 0.25) is 0 Å². The lowest BCUT2D eigenvalue weighted by Gasteiger charge is -2.11.